The van der Waals surface area contributed by atoms with Gasteiger partial charge in [-0.2, -0.15) is 4.99 Å². The first kappa shape index (κ1) is 12.4. The van der Waals surface area contributed by atoms with Crippen LogP contribution in [0.5, 0.6) is 0 Å². The number of nitrogens with one attached hydrogen (secondary N) is 1. The van der Waals surface area contributed by atoms with Gasteiger partial charge in [-0.15, -0.1) is 0 Å². The Morgan fingerprint density at radius 2 is 2.31 bits per heavy atom. The lowest BCUT2D eigenvalue weighted by Crippen LogP contribution is -2.24. The zero-order chi connectivity index (χ0) is 12.0. The van der Waals surface area contributed by atoms with Crippen molar-refractivity contribution in [2.75, 3.05) is 6.54 Å². The third kappa shape index (κ3) is 3.19. The number of benzene rings is 1. The molecule has 1 N–H and O–H groups in total. The summed E-state index contributed by atoms with van der Waals surface area (Å²) in [5.74, 6) is -0.228. The monoisotopic (exact) mass is 238 g/mol. The Kier molecular flexibility index (Phi) is 4.70. The smallest absolute Gasteiger partial charge is 0.252 e. The van der Waals surface area contributed by atoms with Crippen molar-refractivity contribution >= 4 is 29.3 Å². The highest BCUT2D eigenvalue weighted by molar-refractivity contribution is 6.34. The van der Waals surface area contributed by atoms with Crippen LogP contribution in [0, 0.1) is 0 Å². The van der Waals surface area contributed by atoms with E-state index in [0.29, 0.717) is 17.8 Å². The lowest BCUT2D eigenvalue weighted by molar-refractivity contribution is 0.0954. The van der Waals surface area contributed by atoms with Crippen LogP contribution in [0.15, 0.2) is 23.2 Å². The first-order chi connectivity index (χ1) is 7.69. The van der Waals surface area contributed by atoms with Crippen LogP contribution in [-0.4, -0.2) is 18.5 Å². The van der Waals surface area contributed by atoms with Crippen molar-refractivity contribution < 1.29 is 9.59 Å². The largest absolute Gasteiger partial charge is 0.352 e. The summed E-state index contributed by atoms with van der Waals surface area (Å²) in [5.41, 5.74) is 0.756. The molecule has 1 rings (SSSR count). The fourth-order valence-corrected chi connectivity index (χ4v) is 1.40. The number of isocyanates is 1. The van der Waals surface area contributed by atoms with Gasteiger partial charge in [0.2, 0.25) is 6.08 Å². The number of carbonyl (C=O) groups is 1. The highest BCUT2D eigenvalue weighted by atomic mass is 35.5. The van der Waals surface area contributed by atoms with E-state index >= 15 is 0 Å². The zero-order valence-electron chi connectivity index (χ0n) is 8.79. The Morgan fingerprint density at radius 3 is 2.88 bits per heavy atom. The summed E-state index contributed by atoms with van der Waals surface area (Å²) in [6.45, 7) is 2.56. The second-order valence-electron chi connectivity index (χ2n) is 3.12. The number of hydrogen-bond donors (Lipinski definition) is 1. The normalized spacial score (nSPS) is 9.38. The van der Waals surface area contributed by atoms with Gasteiger partial charge in [-0.1, -0.05) is 18.5 Å². The third-order valence-corrected chi connectivity index (χ3v) is 2.22. The predicted molar refractivity (Wildman–Crippen MR) is 61.9 cm³/mol. The SMILES string of the molecule is CCCNC(=O)c1ccc(N=C=O)cc1Cl. The van der Waals surface area contributed by atoms with E-state index in [-0.39, 0.29) is 10.9 Å². The lowest BCUT2D eigenvalue weighted by atomic mass is 10.2. The fraction of sp³-hybridized carbons (Fsp3) is 0.273. The molecule has 0 spiro atoms. The molecule has 1 amide bonds. The van der Waals surface area contributed by atoms with Crippen LogP contribution < -0.4 is 5.32 Å². The number of nitrogens with zero attached hydrogens (tertiary/aromatic N) is 1. The quantitative estimate of drug-likeness (QED) is 0.647. The zero-order valence-corrected chi connectivity index (χ0v) is 9.54. The number of rotatable bonds is 4. The summed E-state index contributed by atoms with van der Waals surface area (Å²) in [6, 6.07) is 4.52. The highest BCUT2D eigenvalue weighted by Gasteiger charge is 2.09. The number of halogens is 1. The van der Waals surface area contributed by atoms with E-state index in [0.717, 1.165) is 6.42 Å². The fourth-order valence-electron chi connectivity index (χ4n) is 1.14. The van der Waals surface area contributed by atoms with Gasteiger partial charge in [-0.25, -0.2) is 4.79 Å². The van der Waals surface area contributed by atoms with Crippen molar-refractivity contribution in [3.63, 3.8) is 0 Å². The molecule has 0 fully saturated rings. The minimum absolute atomic E-state index is 0.228. The topological polar surface area (TPSA) is 58.5 Å². The minimum atomic E-state index is -0.228. The van der Waals surface area contributed by atoms with Crippen molar-refractivity contribution in [3.05, 3.63) is 28.8 Å². The Bertz CT molecular complexity index is 440. The summed E-state index contributed by atoms with van der Waals surface area (Å²) in [6.07, 6.45) is 2.27. The molecule has 0 radical (unpaired) electrons. The number of aliphatic imine (C=N–C) groups is 1. The molecule has 4 nitrogen and oxygen atoms in total. The molecule has 0 aliphatic rings. The molecule has 0 aliphatic carbocycles. The average molecular weight is 239 g/mol. The van der Waals surface area contributed by atoms with E-state index in [1.165, 1.54) is 24.3 Å². The Balaban J connectivity index is 2.90. The van der Waals surface area contributed by atoms with Gasteiger partial charge in [0.25, 0.3) is 5.91 Å². The predicted octanol–water partition coefficient (Wildman–Crippen LogP) is 2.45. The molecule has 0 saturated heterocycles. The first-order valence-electron chi connectivity index (χ1n) is 4.84. The van der Waals surface area contributed by atoms with Gasteiger partial charge in [-0.3, -0.25) is 4.79 Å². The molecule has 1 aromatic rings. The standard InChI is InChI=1S/C11H11ClN2O2/c1-2-5-13-11(16)9-4-3-8(14-7-15)6-10(9)12/h3-4,6H,2,5H2,1H3,(H,13,16). The third-order valence-electron chi connectivity index (χ3n) is 1.91. The lowest BCUT2D eigenvalue weighted by Gasteiger charge is -2.05. The summed E-state index contributed by atoms with van der Waals surface area (Å²) in [7, 11) is 0. The maximum absolute atomic E-state index is 11.6. The van der Waals surface area contributed by atoms with Crippen molar-refractivity contribution in [1.29, 1.82) is 0 Å². The van der Waals surface area contributed by atoms with Crippen LogP contribution >= 0.6 is 11.6 Å². The van der Waals surface area contributed by atoms with Crippen molar-refractivity contribution in [2.45, 2.75) is 13.3 Å². The van der Waals surface area contributed by atoms with Gasteiger partial charge in [0.1, 0.15) is 0 Å². The molecule has 0 bridgehead atoms. The van der Waals surface area contributed by atoms with E-state index in [9.17, 15) is 9.59 Å². The van der Waals surface area contributed by atoms with Crippen LogP contribution in [-0.2, 0) is 4.79 Å². The van der Waals surface area contributed by atoms with Gasteiger partial charge in [0.05, 0.1) is 16.3 Å². The molecular formula is C11H11ClN2O2. The first-order valence-corrected chi connectivity index (χ1v) is 5.22. The second-order valence-corrected chi connectivity index (χ2v) is 3.53. The molecule has 0 heterocycles. The average Bonchev–Trinajstić information content (AvgIpc) is 2.26. The van der Waals surface area contributed by atoms with Crippen molar-refractivity contribution in [1.82, 2.24) is 5.32 Å². The van der Waals surface area contributed by atoms with Crippen molar-refractivity contribution in [3.8, 4) is 0 Å². The van der Waals surface area contributed by atoms with Crippen LogP contribution in [0.1, 0.15) is 23.7 Å². The Hall–Kier alpha value is -1.64. The van der Waals surface area contributed by atoms with Gasteiger partial charge < -0.3 is 5.32 Å². The summed E-state index contributed by atoms with van der Waals surface area (Å²) >= 11 is 5.89. The summed E-state index contributed by atoms with van der Waals surface area (Å²) in [5, 5.41) is 2.98. The van der Waals surface area contributed by atoms with Gasteiger partial charge >= 0.3 is 0 Å². The van der Waals surface area contributed by atoms with Crippen LogP contribution in [0.3, 0.4) is 0 Å². The van der Waals surface area contributed by atoms with Gasteiger partial charge in [0.15, 0.2) is 0 Å². The van der Waals surface area contributed by atoms with Crippen LogP contribution in [0.4, 0.5) is 5.69 Å². The molecule has 0 unspecified atom stereocenters. The molecule has 5 heteroatoms. The van der Waals surface area contributed by atoms with E-state index in [4.69, 9.17) is 11.6 Å². The van der Waals surface area contributed by atoms with E-state index in [1.54, 1.807) is 0 Å². The summed E-state index contributed by atoms with van der Waals surface area (Å²) in [4.78, 5) is 25.0. The van der Waals surface area contributed by atoms with E-state index in [2.05, 4.69) is 10.3 Å². The molecule has 16 heavy (non-hydrogen) atoms. The Morgan fingerprint density at radius 1 is 1.56 bits per heavy atom. The Labute approximate surface area is 98.3 Å². The molecule has 0 aliphatic heterocycles. The molecule has 0 atom stereocenters. The maximum Gasteiger partial charge on any atom is 0.252 e. The second kappa shape index (κ2) is 6.05. The van der Waals surface area contributed by atoms with Gasteiger partial charge in [-0.05, 0) is 24.6 Å². The van der Waals surface area contributed by atoms with Crippen molar-refractivity contribution in [2.24, 2.45) is 4.99 Å². The van der Waals surface area contributed by atoms with Crippen LogP contribution in [0.2, 0.25) is 5.02 Å². The molecular weight excluding hydrogens is 228 g/mol. The minimum Gasteiger partial charge on any atom is -0.352 e. The summed E-state index contributed by atoms with van der Waals surface area (Å²) < 4.78 is 0. The van der Waals surface area contributed by atoms with E-state index in [1.807, 2.05) is 6.92 Å². The van der Waals surface area contributed by atoms with Crippen LogP contribution in [0.25, 0.3) is 0 Å². The maximum atomic E-state index is 11.6. The van der Waals surface area contributed by atoms with E-state index < -0.39 is 0 Å². The number of hydrogen-bond acceptors (Lipinski definition) is 3. The van der Waals surface area contributed by atoms with Gasteiger partial charge in [0, 0.05) is 6.54 Å². The number of amides is 1. The molecule has 0 aromatic heterocycles. The molecule has 84 valence electrons. The molecule has 1 aromatic carbocycles. The molecule has 0 saturated carbocycles. The number of carbonyl (C=O) groups excluding carboxylic acids is 2. The highest BCUT2D eigenvalue weighted by Crippen LogP contribution is 2.22.